The highest BCUT2D eigenvalue weighted by atomic mass is 16.3. The predicted octanol–water partition coefficient (Wildman–Crippen LogP) is 11.0. The summed E-state index contributed by atoms with van der Waals surface area (Å²) in [5.41, 5.74) is 3.33. The minimum atomic E-state index is 0.963. The summed E-state index contributed by atoms with van der Waals surface area (Å²) in [6, 6.07) is 19.8. The van der Waals surface area contributed by atoms with Crippen molar-refractivity contribution in [3.05, 3.63) is 72.7 Å². The fourth-order valence-electron chi connectivity index (χ4n) is 5.30. The number of furan rings is 2. The molecule has 180 valence electrons. The van der Waals surface area contributed by atoms with E-state index in [1.807, 2.05) is 12.3 Å². The first-order valence-electron chi connectivity index (χ1n) is 13.4. The molecule has 0 aliphatic rings. The molecule has 0 spiro atoms. The molecule has 2 heterocycles. The van der Waals surface area contributed by atoms with Crippen LogP contribution in [0, 0.1) is 0 Å². The Labute approximate surface area is 207 Å². The summed E-state index contributed by atoms with van der Waals surface area (Å²) in [7, 11) is 0. The van der Waals surface area contributed by atoms with Crippen LogP contribution < -0.4 is 0 Å². The van der Waals surface area contributed by atoms with Gasteiger partial charge in [-0.05, 0) is 58.1 Å². The molecule has 2 heteroatoms. The van der Waals surface area contributed by atoms with E-state index in [1.165, 1.54) is 88.2 Å². The van der Waals surface area contributed by atoms with Crippen LogP contribution in [0.3, 0.4) is 0 Å². The number of benzene rings is 4. The Kier molecular flexibility index (Phi) is 7.08. The lowest BCUT2D eigenvalue weighted by molar-refractivity contribution is 0.594. The van der Waals surface area contributed by atoms with Gasteiger partial charge < -0.3 is 8.83 Å². The molecule has 0 fully saturated rings. The maximum absolute atomic E-state index is 6.13. The van der Waals surface area contributed by atoms with Crippen LogP contribution in [0.1, 0.15) is 71.3 Å². The monoisotopic (exact) mass is 464 g/mol. The highest BCUT2D eigenvalue weighted by molar-refractivity contribution is 6.23. The van der Waals surface area contributed by atoms with Crippen LogP contribution in [0.5, 0.6) is 0 Å². The maximum Gasteiger partial charge on any atom is 0.141 e. The molecule has 35 heavy (non-hydrogen) atoms. The van der Waals surface area contributed by atoms with Gasteiger partial charge in [-0.15, -0.1) is 0 Å². The third-order valence-electron chi connectivity index (χ3n) is 7.02. The molecule has 0 aliphatic heterocycles. The first-order valence-corrected chi connectivity index (χ1v) is 13.4. The van der Waals surface area contributed by atoms with Crippen molar-refractivity contribution in [2.24, 2.45) is 0 Å². The van der Waals surface area contributed by atoms with E-state index in [0.29, 0.717) is 0 Å². The van der Waals surface area contributed by atoms with Crippen LogP contribution in [-0.4, -0.2) is 0 Å². The van der Waals surface area contributed by atoms with E-state index < -0.39 is 0 Å². The second-order valence-corrected chi connectivity index (χ2v) is 9.75. The number of aryl methyl sites for hydroxylation is 1. The summed E-state index contributed by atoms with van der Waals surface area (Å²) in [6.45, 7) is 6.52. The first-order chi connectivity index (χ1) is 17.3. The summed E-state index contributed by atoms with van der Waals surface area (Å²) < 4.78 is 11.9. The number of fused-ring (bicyclic) bond motifs is 9. The van der Waals surface area contributed by atoms with Gasteiger partial charge in [-0.1, -0.05) is 95.7 Å². The van der Waals surface area contributed by atoms with Crippen molar-refractivity contribution in [3.8, 4) is 0 Å². The molecule has 0 aliphatic carbocycles. The molecular formula is C33H36O2. The molecule has 0 saturated heterocycles. The number of rotatable bonds is 7. The highest BCUT2D eigenvalue weighted by Gasteiger charge is 2.13. The van der Waals surface area contributed by atoms with Gasteiger partial charge in [0.1, 0.15) is 11.2 Å². The summed E-state index contributed by atoms with van der Waals surface area (Å²) in [6.07, 6.45) is 14.0. The maximum atomic E-state index is 6.13. The van der Waals surface area contributed by atoms with E-state index in [2.05, 4.69) is 69.3 Å². The number of hydrogen-bond donors (Lipinski definition) is 0. The van der Waals surface area contributed by atoms with Crippen molar-refractivity contribution in [1.29, 1.82) is 0 Å². The lowest BCUT2D eigenvalue weighted by atomic mass is 9.95. The van der Waals surface area contributed by atoms with Crippen molar-refractivity contribution in [3.63, 3.8) is 0 Å². The smallest absolute Gasteiger partial charge is 0.141 e. The largest absolute Gasteiger partial charge is 0.464 e. The van der Waals surface area contributed by atoms with Gasteiger partial charge in [0.15, 0.2) is 0 Å². The van der Waals surface area contributed by atoms with Crippen molar-refractivity contribution >= 4 is 54.3 Å². The fraction of sp³-hybridized carbons (Fsp3) is 0.333. The quantitative estimate of drug-likeness (QED) is 0.173. The van der Waals surface area contributed by atoms with Crippen LogP contribution >= 0.6 is 0 Å². The summed E-state index contributed by atoms with van der Waals surface area (Å²) >= 11 is 0. The summed E-state index contributed by atoms with van der Waals surface area (Å²) in [5, 5.41) is 9.77. The van der Waals surface area contributed by atoms with E-state index in [-0.39, 0.29) is 0 Å². The van der Waals surface area contributed by atoms with E-state index in [1.54, 1.807) is 6.26 Å². The molecule has 0 N–H and O–H groups in total. The zero-order chi connectivity index (χ0) is 24.2. The molecule has 0 saturated carbocycles. The SMILES string of the molecule is CCC.CCCCCCCCc1coc2c1ccc1c3ccc4c(ccc5ccoc54)c3ccc12. The Morgan fingerprint density at radius 1 is 0.514 bits per heavy atom. The second-order valence-electron chi connectivity index (χ2n) is 9.75. The van der Waals surface area contributed by atoms with Crippen LogP contribution in [0.25, 0.3) is 54.3 Å². The molecular weight excluding hydrogens is 428 g/mol. The molecule has 4 aromatic carbocycles. The Hall–Kier alpha value is -3.26. The Morgan fingerprint density at radius 2 is 1.06 bits per heavy atom. The highest BCUT2D eigenvalue weighted by Crippen LogP contribution is 2.38. The van der Waals surface area contributed by atoms with Crippen LogP contribution in [-0.2, 0) is 6.42 Å². The second kappa shape index (κ2) is 10.6. The Bertz CT molecular complexity index is 1580. The van der Waals surface area contributed by atoms with Gasteiger partial charge in [-0.25, -0.2) is 0 Å². The van der Waals surface area contributed by atoms with Gasteiger partial charge in [-0.3, -0.25) is 0 Å². The molecule has 0 radical (unpaired) electrons. The Morgan fingerprint density at radius 3 is 1.77 bits per heavy atom. The molecule has 0 bridgehead atoms. The molecule has 6 rings (SSSR count). The van der Waals surface area contributed by atoms with Crippen molar-refractivity contribution < 1.29 is 8.83 Å². The van der Waals surface area contributed by atoms with E-state index >= 15 is 0 Å². The number of hydrogen-bond acceptors (Lipinski definition) is 2. The van der Waals surface area contributed by atoms with Crippen LogP contribution in [0.2, 0.25) is 0 Å². The van der Waals surface area contributed by atoms with Gasteiger partial charge >= 0.3 is 0 Å². The first kappa shape index (κ1) is 23.5. The summed E-state index contributed by atoms with van der Waals surface area (Å²) in [4.78, 5) is 0. The van der Waals surface area contributed by atoms with Gasteiger partial charge in [0.05, 0.1) is 12.5 Å². The molecule has 0 amide bonds. The van der Waals surface area contributed by atoms with Gasteiger partial charge in [-0.2, -0.15) is 0 Å². The molecule has 0 unspecified atom stereocenters. The van der Waals surface area contributed by atoms with E-state index in [9.17, 15) is 0 Å². The third kappa shape index (κ3) is 4.43. The predicted molar refractivity (Wildman–Crippen MR) is 152 cm³/mol. The van der Waals surface area contributed by atoms with Crippen LogP contribution in [0.15, 0.2) is 76.0 Å². The minimum Gasteiger partial charge on any atom is -0.464 e. The standard InChI is InChI=1S/C30H28O2.C3H8/c1-2-3-4-5-6-7-8-21-19-32-30-22(21)11-12-26-24-13-15-27-25(23(24)14-16-28(26)30)10-9-20-17-18-31-29(20)27;1-3-2/h9-19H,2-8H2,1H3;3H2,1-2H3. The van der Waals surface area contributed by atoms with Crippen LogP contribution in [0.4, 0.5) is 0 Å². The molecule has 2 nitrogen and oxygen atoms in total. The Balaban J connectivity index is 0.000000806. The van der Waals surface area contributed by atoms with Gasteiger partial charge in [0.2, 0.25) is 0 Å². The van der Waals surface area contributed by atoms with Gasteiger partial charge in [0, 0.05) is 21.5 Å². The zero-order valence-electron chi connectivity index (χ0n) is 21.3. The average molecular weight is 465 g/mol. The minimum absolute atomic E-state index is 0.963. The topological polar surface area (TPSA) is 26.3 Å². The normalized spacial score (nSPS) is 11.6. The fourth-order valence-corrected chi connectivity index (χ4v) is 5.30. The van der Waals surface area contributed by atoms with Crippen molar-refractivity contribution in [2.45, 2.75) is 72.1 Å². The van der Waals surface area contributed by atoms with Crippen molar-refractivity contribution in [1.82, 2.24) is 0 Å². The average Bonchev–Trinajstić information content (AvgIpc) is 3.53. The molecule has 2 aromatic heterocycles. The third-order valence-corrected chi connectivity index (χ3v) is 7.02. The lowest BCUT2D eigenvalue weighted by Crippen LogP contribution is -1.86. The molecule has 6 aromatic rings. The van der Waals surface area contributed by atoms with E-state index in [0.717, 1.165) is 23.0 Å². The summed E-state index contributed by atoms with van der Waals surface area (Å²) in [5.74, 6) is 0. The van der Waals surface area contributed by atoms with E-state index in [4.69, 9.17) is 8.83 Å². The molecule has 0 atom stereocenters. The van der Waals surface area contributed by atoms with Gasteiger partial charge in [0.25, 0.3) is 0 Å². The zero-order valence-corrected chi connectivity index (χ0v) is 21.3. The lowest BCUT2D eigenvalue weighted by Gasteiger charge is -2.09. The van der Waals surface area contributed by atoms with Crippen molar-refractivity contribution in [2.75, 3.05) is 0 Å². The number of unbranched alkanes of at least 4 members (excludes halogenated alkanes) is 5.